The van der Waals surface area contributed by atoms with Crippen LogP contribution in [0.4, 0.5) is 4.79 Å². The van der Waals surface area contributed by atoms with Crippen LogP contribution in [-0.2, 0) is 9.53 Å². The van der Waals surface area contributed by atoms with Crippen molar-refractivity contribution < 1.29 is 24.2 Å². The number of phenolic OH excluding ortho intramolecular Hbond substituents is 1. The van der Waals surface area contributed by atoms with E-state index in [-0.39, 0.29) is 22.4 Å². The maximum Gasteiger partial charge on any atom is 0.342 e. The Morgan fingerprint density at radius 3 is 2.72 bits per heavy atom. The third-order valence-electron chi connectivity index (χ3n) is 4.19. The minimum Gasteiger partial charge on any atom is -0.507 e. The highest BCUT2D eigenvalue weighted by molar-refractivity contribution is 6.31. The van der Waals surface area contributed by atoms with Crippen molar-refractivity contribution in [2.45, 2.75) is 38.6 Å². The summed E-state index contributed by atoms with van der Waals surface area (Å²) in [4.78, 5) is 35.4. The predicted molar refractivity (Wildman–Crippen MR) is 91.5 cm³/mol. The van der Waals surface area contributed by atoms with Gasteiger partial charge in [-0.2, -0.15) is 0 Å². The second-order valence-electron chi connectivity index (χ2n) is 6.13. The highest BCUT2D eigenvalue weighted by Crippen LogP contribution is 2.23. The molecular weight excluding hydrogens is 348 g/mol. The molecule has 0 bridgehead atoms. The number of carbonyl (C=O) groups excluding carboxylic acids is 3. The molecule has 136 valence electrons. The van der Waals surface area contributed by atoms with E-state index in [0.29, 0.717) is 5.92 Å². The number of ether oxygens (including phenoxy) is 1. The summed E-state index contributed by atoms with van der Waals surface area (Å²) in [6.07, 6.45) is 4.11. The van der Waals surface area contributed by atoms with E-state index in [1.54, 1.807) is 0 Å². The van der Waals surface area contributed by atoms with Crippen LogP contribution in [0.3, 0.4) is 0 Å². The first-order chi connectivity index (χ1) is 11.9. The van der Waals surface area contributed by atoms with Gasteiger partial charge < -0.3 is 15.2 Å². The molecule has 0 unspecified atom stereocenters. The van der Waals surface area contributed by atoms with Gasteiger partial charge in [0.25, 0.3) is 5.91 Å². The molecule has 3 N–H and O–H groups in total. The number of rotatable bonds is 4. The normalized spacial score (nSPS) is 19.8. The van der Waals surface area contributed by atoms with Crippen LogP contribution in [0.5, 0.6) is 5.75 Å². The molecule has 0 radical (unpaired) electrons. The third kappa shape index (κ3) is 5.63. The van der Waals surface area contributed by atoms with Gasteiger partial charge in [0.15, 0.2) is 6.61 Å². The molecule has 7 nitrogen and oxygen atoms in total. The van der Waals surface area contributed by atoms with Crippen LogP contribution in [0.15, 0.2) is 18.2 Å². The van der Waals surface area contributed by atoms with Crippen molar-refractivity contribution in [3.63, 3.8) is 0 Å². The third-order valence-corrected chi connectivity index (χ3v) is 4.43. The summed E-state index contributed by atoms with van der Waals surface area (Å²) < 4.78 is 4.79. The zero-order chi connectivity index (χ0) is 18.4. The number of benzene rings is 1. The van der Waals surface area contributed by atoms with E-state index in [9.17, 15) is 19.5 Å². The summed E-state index contributed by atoms with van der Waals surface area (Å²) in [5.74, 6) is -1.61. The summed E-state index contributed by atoms with van der Waals surface area (Å²) in [6, 6.07) is 3.32. The Labute approximate surface area is 150 Å². The number of carbonyl (C=O) groups is 3. The van der Waals surface area contributed by atoms with E-state index < -0.39 is 24.5 Å². The van der Waals surface area contributed by atoms with Crippen molar-refractivity contribution in [3.05, 3.63) is 28.8 Å². The maximum absolute atomic E-state index is 11.8. The van der Waals surface area contributed by atoms with E-state index in [4.69, 9.17) is 16.3 Å². The van der Waals surface area contributed by atoms with E-state index in [2.05, 4.69) is 17.6 Å². The first-order valence-corrected chi connectivity index (χ1v) is 8.50. The Bertz CT molecular complexity index is 664. The quantitative estimate of drug-likeness (QED) is 0.708. The lowest BCUT2D eigenvalue weighted by Crippen LogP contribution is -2.48. The highest BCUT2D eigenvalue weighted by Gasteiger charge is 2.23. The van der Waals surface area contributed by atoms with Gasteiger partial charge in [-0.25, -0.2) is 9.59 Å². The molecule has 1 aromatic rings. The van der Waals surface area contributed by atoms with Crippen molar-refractivity contribution in [2.75, 3.05) is 6.61 Å². The number of nitrogens with one attached hydrogen (secondary N) is 2. The molecule has 0 heterocycles. The van der Waals surface area contributed by atoms with Gasteiger partial charge in [-0.3, -0.25) is 10.1 Å². The second-order valence-corrected chi connectivity index (χ2v) is 6.56. The molecule has 0 saturated heterocycles. The molecule has 3 amide bonds. The smallest absolute Gasteiger partial charge is 0.342 e. The average molecular weight is 369 g/mol. The van der Waals surface area contributed by atoms with Gasteiger partial charge >= 0.3 is 12.0 Å². The predicted octanol–water partition coefficient (Wildman–Crippen LogP) is 2.61. The van der Waals surface area contributed by atoms with Crippen molar-refractivity contribution in [2.24, 2.45) is 5.92 Å². The first-order valence-electron chi connectivity index (χ1n) is 8.13. The fourth-order valence-corrected chi connectivity index (χ4v) is 2.95. The Kier molecular flexibility index (Phi) is 6.64. The van der Waals surface area contributed by atoms with Gasteiger partial charge in [-0.05, 0) is 37.0 Å². The summed E-state index contributed by atoms with van der Waals surface area (Å²) in [5.41, 5.74) is -0.152. The molecule has 2 atom stereocenters. The maximum atomic E-state index is 11.8. The molecule has 1 fully saturated rings. The molecule has 0 spiro atoms. The van der Waals surface area contributed by atoms with Crippen LogP contribution < -0.4 is 10.6 Å². The number of phenols is 1. The van der Waals surface area contributed by atoms with Gasteiger partial charge in [0.2, 0.25) is 0 Å². The fraction of sp³-hybridized carbons (Fsp3) is 0.471. The summed E-state index contributed by atoms with van der Waals surface area (Å²) >= 11 is 5.75. The van der Waals surface area contributed by atoms with E-state index >= 15 is 0 Å². The van der Waals surface area contributed by atoms with Crippen molar-refractivity contribution in [3.8, 4) is 5.75 Å². The van der Waals surface area contributed by atoms with Crippen LogP contribution in [0.25, 0.3) is 0 Å². The topological polar surface area (TPSA) is 105 Å². The van der Waals surface area contributed by atoms with E-state index in [1.807, 2.05) is 0 Å². The molecule has 1 aliphatic carbocycles. The lowest BCUT2D eigenvalue weighted by atomic mass is 9.86. The molecule has 1 saturated carbocycles. The Morgan fingerprint density at radius 1 is 1.28 bits per heavy atom. The van der Waals surface area contributed by atoms with Gasteiger partial charge in [0.05, 0.1) is 0 Å². The highest BCUT2D eigenvalue weighted by atomic mass is 35.5. The van der Waals surface area contributed by atoms with Crippen LogP contribution >= 0.6 is 11.6 Å². The number of halogens is 1. The molecule has 25 heavy (non-hydrogen) atoms. The fourth-order valence-electron chi connectivity index (χ4n) is 2.78. The van der Waals surface area contributed by atoms with Gasteiger partial charge in [0.1, 0.15) is 11.3 Å². The zero-order valence-electron chi connectivity index (χ0n) is 13.9. The van der Waals surface area contributed by atoms with Crippen molar-refractivity contribution >= 4 is 29.5 Å². The summed E-state index contributed by atoms with van der Waals surface area (Å²) in [6.45, 7) is 1.42. The molecule has 0 aliphatic heterocycles. The molecule has 1 aromatic carbocycles. The Hall–Kier alpha value is -2.28. The summed E-state index contributed by atoms with van der Waals surface area (Å²) in [5, 5.41) is 14.7. The number of hydrogen-bond acceptors (Lipinski definition) is 5. The lowest BCUT2D eigenvalue weighted by Gasteiger charge is -2.29. The van der Waals surface area contributed by atoms with E-state index in [1.165, 1.54) is 18.2 Å². The number of hydrogen-bond donors (Lipinski definition) is 3. The molecule has 1 aliphatic rings. The van der Waals surface area contributed by atoms with Crippen LogP contribution in [-0.4, -0.2) is 35.7 Å². The summed E-state index contributed by atoms with van der Waals surface area (Å²) in [7, 11) is 0. The molecular formula is C17H21ClN2O5. The SMILES string of the molecule is C[C@H]1CCCC[C@@H]1NC(=O)NC(=O)COC(=O)c1cc(Cl)ccc1O. The largest absolute Gasteiger partial charge is 0.507 e. The minimum atomic E-state index is -0.906. The van der Waals surface area contributed by atoms with Crippen LogP contribution in [0, 0.1) is 5.92 Å². The Balaban J connectivity index is 1.79. The standard InChI is InChI=1S/C17H21ClN2O5/c1-10-4-2-3-5-13(10)19-17(24)20-15(22)9-25-16(23)12-8-11(18)6-7-14(12)21/h6-8,10,13,21H,2-5,9H2,1H3,(H2,19,20,22,24)/t10-,13-/m0/s1. The van der Waals surface area contributed by atoms with Crippen molar-refractivity contribution in [1.82, 2.24) is 10.6 Å². The average Bonchev–Trinajstić information content (AvgIpc) is 2.57. The monoisotopic (exact) mass is 368 g/mol. The second kappa shape index (κ2) is 8.71. The van der Waals surface area contributed by atoms with Crippen molar-refractivity contribution in [1.29, 1.82) is 0 Å². The zero-order valence-corrected chi connectivity index (χ0v) is 14.6. The minimum absolute atomic E-state index is 0.0347. The number of amides is 3. The van der Waals surface area contributed by atoms with Gasteiger partial charge in [-0.15, -0.1) is 0 Å². The van der Waals surface area contributed by atoms with E-state index in [0.717, 1.165) is 25.7 Å². The Morgan fingerprint density at radius 2 is 2.00 bits per heavy atom. The number of aromatic hydroxyl groups is 1. The lowest BCUT2D eigenvalue weighted by molar-refractivity contribution is -0.123. The van der Waals surface area contributed by atoms with Gasteiger partial charge in [-0.1, -0.05) is 31.4 Å². The van der Waals surface area contributed by atoms with Crippen LogP contribution in [0.2, 0.25) is 5.02 Å². The number of imide groups is 1. The van der Waals surface area contributed by atoms with Crippen LogP contribution in [0.1, 0.15) is 43.0 Å². The number of urea groups is 1. The van der Waals surface area contributed by atoms with Gasteiger partial charge in [0, 0.05) is 11.1 Å². The number of esters is 1. The molecule has 0 aromatic heterocycles. The first kappa shape index (κ1) is 19.1. The molecule has 8 heteroatoms. The molecule has 2 rings (SSSR count).